The Morgan fingerprint density at radius 2 is 1.94 bits per heavy atom. The van der Waals surface area contributed by atoms with Gasteiger partial charge in [0.25, 0.3) is 0 Å². The number of ether oxygens (including phenoxy) is 2. The normalized spacial score (nSPS) is 11.6. The van der Waals surface area contributed by atoms with E-state index in [1.54, 1.807) is 0 Å². The van der Waals surface area contributed by atoms with Gasteiger partial charge in [0.1, 0.15) is 12.4 Å². The second-order valence-electron chi connectivity index (χ2n) is 5.10. The molecule has 0 bridgehead atoms. The van der Waals surface area contributed by atoms with Crippen molar-refractivity contribution in [3.05, 3.63) is 28.2 Å². The minimum atomic E-state index is -0.117. The highest BCUT2D eigenvalue weighted by atomic mass is 79.9. The summed E-state index contributed by atoms with van der Waals surface area (Å²) in [6.07, 6.45) is 0.844. The van der Waals surface area contributed by atoms with E-state index in [2.05, 4.69) is 15.9 Å². The largest absolute Gasteiger partial charge is 0.491 e. The number of rotatable bonds is 6. The van der Waals surface area contributed by atoms with Gasteiger partial charge in [-0.05, 0) is 57.5 Å². The first-order chi connectivity index (χ1) is 8.42. The van der Waals surface area contributed by atoms with Crippen LogP contribution in [0, 0.1) is 0 Å². The highest BCUT2D eigenvalue weighted by molar-refractivity contribution is 9.10. The van der Waals surface area contributed by atoms with Crippen LogP contribution in [0.15, 0.2) is 22.7 Å². The summed E-state index contributed by atoms with van der Waals surface area (Å²) >= 11 is 3.50. The Bertz CT molecular complexity index is 375. The van der Waals surface area contributed by atoms with Gasteiger partial charge >= 0.3 is 0 Å². The van der Waals surface area contributed by atoms with Gasteiger partial charge in [-0.25, -0.2) is 0 Å². The summed E-state index contributed by atoms with van der Waals surface area (Å²) in [5.74, 6) is 0.860. The zero-order chi connectivity index (χ0) is 13.6. The molecule has 0 aliphatic rings. The summed E-state index contributed by atoms with van der Waals surface area (Å²) in [5, 5.41) is 0. The SMILES string of the molecule is CC(C)(C)OCCOc1ccc(Br)c(CCN)c1. The molecule has 0 unspecified atom stereocenters. The Balaban J connectivity index is 2.45. The molecule has 0 fully saturated rings. The molecule has 0 aliphatic carbocycles. The summed E-state index contributed by atoms with van der Waals surface area (Å²) in [7, 11) is 0. The van der Waals surface area contributed by atoms with Gasteiger partial charge in [-0.3, -0.25) is 0 Å². The maximum atomic E-state index is 5.66. The van der Waals surface area contributed by atoms with E-state index in [-0.39, 0.29) is 5.60 Å². The highest BCUT2D eigenvalue weighted by Crippen LogP contribution is 2.23. The summed E-state index contributed by atoms with van der Waals surface area (Å²) < 4.78 is 12.3. The van der Waals surface area contributed by atoms with Crippen LogP contribution in [0.5, 0.6) is 5.75 Å². The lowest BCUT2D eigenvalue weighted by atomic mass is 10.1. The summed E-state index contributed by atoms with van der Waals surface area (Å²) in [5.41, 5.74) is 6.62. The Morgan fingerprint density at radius 1 is 1.22 bits per heavy atom. The molecule has 0 aromatic heterocycles. The fourth-order valence-corrected chi connectivity index (χ4v) is 1.94. The van der Waals surface area contributed by atoms with Crippen LogP contribution < -0.4 is 10.5 Å². The van der Waals surface area contributed by atoms with Crippen molar-refractivity contribution in [2.24, 2.45) is 5.73 Å². The number of nitrogens with two attached hydrogens (primary N) is 1. The zero-order valence-corrected chi connectivity index (χ0v) is 12.9. The molecule has 18 heavy (non-hydrogen) atoms. The quantitative estimate of drug-likeness (QED) is 0.820. The molecule has 1 aromatic rings. The average molecular weight is 316 g/mol. The first-order valence-corrected chi connectivity index (χ1v) is 6.97. The predicted octanol–water partition coefficient (Wildman–Crippen LogP) is 3.14. The molecule has 4 heteroatoms. The third-order valence-corrected chi connectivity index (χ3v) is 3.09. The molecule has 0 aliphatic heterocycles. The first kappa shape index (κ1) is 15.5. The fraction of sp³-hybridized carbons (Fsp3) is 0.571. The van der Waals surface area contributed by atoms with E-state index in [0.29, 0.717) is 19.8 Å². The maximum Gasteiger partial charge on any atom is 0.119 e. The number of hydrogen-bond acceptors (Lipinski definition) is 3. The maximum absolute atomic E-state index is 5.66. The molecule has 3 nitrogen and oxygen atoms in total. The van der Waals surface area contributed by atoms with E-state index < -0.39 is 0 Å². The summed E-state index contributed by atoms with van der Waals surface area (Å²) in [6.45, 7) is 7.88. The monoisotopic (exact) mass is 315 g/mol. The molecule has 0 radical (unpaired) electrons. The topological polar surface area (TPSA) is 44.5 Å². The Labute approximate surface area is 118 Å². The molecular formula is C14H22BrNO2. The third kappa shape index (κ3) is 5.85. The molecule has 1 aromatic carbocycles. The van der Waals surface area contributed by atoms with E-state index in [1.165, 1.54) is 5.56 Å². The van der Waals surface area contributed by atoms with E-state index in [9.17, 15) is 0 Å². The van der Waals surface area contributed by atoms with Crippen LogP contribution in [-0.4, -0.2) is 25.4 Å². The van der Waals surface area contributed by atoms with Crippen LogP contribution in [-0.2, 0) is 11.2 Å². The highest BCUT2D eigenvalue weighted by Gasteiger charge is 2.09. The lowest BCUT2D eigenvalue weighted by Crippen LogP contribution is -2.22. The molecule has 0 saturated heterocycles. The Morgan fingerprint density at radius 3 is 2.56 bits per heavy atom. The zero-order valence-electron chi connectivity index (χ0n) is 11.3. The molecule has 102 valence electrons. The molecule has 0 heterocycles. The van der Waals surface area contributed by atoms with Gasteiger partial charge in [-0.2, -0.15) is 0 Å². The van der Waals surface area contributed by atoms with Gasteiger partial charge < -0.3 is 15.2 Å². The van der Waals surface area contributed by atoms with Crippen LogP contribution in [0.3, 0.4) is 0 Å². The van der Waals surface area contributed by atoms with Crippen molar-refractivity contribution in [1.29, 1.82) is 0 Å². The van der Waals surface area contributed by atoms with Crippen molar-refractivity contribution in [2.75, 3.05) is 19.8 Å². The fourth-order valence-electron chi connectivity index (χ4n) is 1.50. The number of hydrogen-bond donors (Lipinski definition) is 1. The van der Waals surface area contributed by atoms with Crippen molar-refractivity contribution < 1.29 is 9.47 Å². The third-order valence-electron chi connectivity index (χ3n) is 2.32. The molecule has 0 atom stereocenters. The van der Waals surface area contributed by atoms with Gasteiger partial charge in [0, 0.05) is 4.47 Å². The van der Waals surface area contributed by atoms with E-state index >= 15 is 0 Å². The smallest absolute Gasteiger partial charge is 0.119 e. The van der Waals surface area contributed by atoms with Crippen molar-refractivity contribution >= 4 is 15.9 Å². The molecule has 0 amide bonds. The lowest BCUT2D eigenvalue weighted by molar-refractivity contribution is -0.0163. The molecule has 0 saturated carbocycles. The standard InChI is InChI=1S/C14H22BrNO2/c1-14(2,3)18-9-8-17-12-4-5-13(15)11(10-12)6-7-16/h4-5,10H,6-9,16H2,1-3H3. The second kappa shape index (κ2) is 7.12. The van der Waals surface area contributed by atoms with Crippen LogP contribution in [0.25, 0.3) is 0 Å². The van der Waals surface area contributed by atoms with E-state index in [1.807, 2.05) is 39.0 Å². The average Bonchev–Trinajstić information content (AvgIpc) is 2.28. The van der Waals surface area contributed by atoms with Crippen molar-refractivity contribution in [1.82, 2.24) is 0 Å². The first-order valence-electron chi connectivity index (χ1n) is 6.17. The van der Waals surface area contributed by atoms with Gasteiger partial charge in [-0.1, -0.05) is 15.9 Å². The van der Waals surface area contributed by atoms with E-state index in [4.69, 9.17) is 15.2 Å². The van der Waals surface area contributed by atoms with Crippen molar-refractivity contribution in [3.8, 4) is 5.75 Å². The van der Waals surface area contributed by atoms with Crippen molar-refractivity contribution in [3.63, 3.8) is 0 Å². The van der Waals surface area contributed by atoms with E-state index in [0.717, 1.165) is 16.6 Å². The van der Waals surface area contributed by atoms with Gasteiger partial charge in [0.15, 0.2) is 0 Å². The second-order valence-corrected chi connectivity index (χ2v) is 5.96. The van der Waals surface area contributed by atoms with Crippen LogP contribution in [0.4, 0.5) is 0 Å². The van der Waals surface area contributed by atoms with Gasteiger partial charge in [0.05, 0.1) is 12.2 Å². The Kier molecular flexibility index (Phi) is 6.12. The molecule has 1 rings (SSSR count). The minimum Gasteiger partial charge on any atom is -0.491 e. The Hall–Kier alpha value is -0.580. The molecule has 0 spiro atoms. The lowest BCUT2D eigenvalue weighted by Gasteiger charge is -2.19. The number of benzene rings is 1. The van der Waals surface area contributed by atoms with Gasteiger partial charge in [-0.15, -0.1) is 0 Å². The van der Waals surface area contributed by atoms with Crippen molar-refractivity contribution in [2.45, 2.75) is 32.8 Å². The van der Waals surface area contributed by atoms with Gasteiger partial charge in [0.2, 0.25) is 0 Å². The molecule has 2 N–H and O–H groups in total. The van der Waals surface area contributed by atoms with Crippen LogP contribution in [0.2, 0.25) is 0 Å². The predicted molar refractivity (Wildman–Crippen MR) is 78.1 cm³/mol. The summed E-state index contributed by atoms with van der Waals surface area (Å²) in [6, 6.07) is 5.96. The van der Waals surface area contributed by atoms with Crippen LogP contribution >= 0.6 is 15.9 Å². The number of halogens is 1. The molecular weight excluding hydrogens is 294 g/mol. The summed E-state index contributed by atoms with van der Waals surface area (Å²) in [4.78, 5) is 0. The minimum absolute atomic E-state index is 0.117. The van der Waals surface area contributed by atoms with Crippen LogP contribution in [0.1, 0.15) is 26.3 Å².